The highest BCUT2D eigenvalue weighted by Gasteiger charge is 2.67. The molecule has 28 heavy (non-hydrogen) atoms. The molecule has 4 aliphatic carbocycles. The number of likely N-dealkylation sites (tertiary alicyclic amines) is 1. The van der Waals surface area contributed by atoms with E-state index >= 15 is 0 Å². The second-order valence-electron chi connectivity index (χ2n) is 8.17. The highest BCUT2D eigenvalue weighted by Crippen LogP contribution is 2.65. The Balaban J connectivity index is 1.33. The summed E-state index contributed by atoms with van der Waals surface area (Å²) in [6, 6.07) is 4.49. The molecule has 2 bridgehead atoms. The Bertz CT molecular complexity index is 904. The predicted octanol–water partition coefficient (Wildman–Crippen LogP) is 1.97. The van der Waals surface area contributed by atoms with Gasteiger partial charge in [0.2, 0.25) is 17.7 Å². The van der Waals surface area contributed by atoms with Gasteiger partial charge in [-0.3, -0.25) is 29.4 Å². The SMILES string of the molecule is C[C@H](C(=O)Nc1ccc([N+](=O)[O-])cc1)N1C(=O)[C@@H]2[C@H]3C=C[C@@H]([C@@H]4C[C@H]34)[C@H]2C1=O. The number of amides is 3. The molecule has 3 fully saturated rings. The number of nitro groups is 1. The van der Waals surface area contributed by atoms with Gasteiger partial charge in [0.25, 0.3) is 5.69 Å². The molecule has 8 nitrogen and oxygen atoms in total. The molecule has 5 aliphatic rings. The summed E-state index contributed by atoms with van der Waals surface area (Å²) in [5.74, 6) is -0.384. The van der Waals surface area contributed by atoms with E-state index in [9.17, 15) is 24.5 Å². The van der Waals surface area contributed by atoms with Gasteiger partial charge in [-0.25, -0.2) is 0 Å². The van der Waals surface area contributed by atoms with Crippen molar-refractivity contribution in [2.24, 2.45) is 35.5 Å². The summed E-state index contributed by atoms with van der Waals surface area (Å²) in [6.45, 7) is 1.55. The van der Waals surface area contributed by atoms with Gasteiger partial charge in [0, 0.05) is 17.8 Å². The van der Waals surface area contributed by atoms with E-state index in [1.165, 1.54) is 24.3 Å². The van der Waals surface area contributed by atoms with Gasteiger partial charge in [-0.1, -0.05) is 12.2 Å². The summed E-state index contributed by atoms with van der Waals surface area (Å²) in [7, 11) is 0. The van der Waals surface area contributed by atoms with E-state index in [1.807, 2.05) is 0 Å². The number of anilines is 1. The second kappa shape index (κ2) is 5.73. The molecule has 1 heterocycles. The Morgan fingerprint density at radius 3 is 2.14 bits per heavy atom. The quantitative estimate of drug-likeness (QED) is 0.371. The Hall–Kier alpha value is -3.03. The first-order chi connectivity index (χ1) is 13.4. The van der Waals surface area contributed by atoms with Gasteiger partial charge in [0.15, 0.2) is 0 Å². The van der Waals surface area contributed by atoms with Gasteiger partial charge in [-0.05, 0) is 49.1 Å². The number of nitro benzene ring substituents is 1. The maximum atomic E-state index is 13.0. The minimum atomic E-state index is -0.934. The highest BCUT2D eigenvalue weighted by atomic mass is 16.6. The number of carbonyl (C=O) groups excluding carboxylic acids is 3. The van der Waals surface area contributed by atoms with E-state index in [2.05, 4.69) is 17.5 Å². The predicted molar refractivity (Wildman–Crippen MR) is 97.7 cm³/mol. The maximum absolute atomic E-state index is 13.0. The fourth-order valence-electron chi connectivity index (χ4n) is 5.39. The zero-order valence-corrected chi connectivity index (χ0v) is 15.1. The van der Waals surface area contributed by atoms with Crippen molar-refractivity contribution in [2.45, 2.75) is 19.4 Å². The molecule has 3 amide bonds. The van der Waals surface area contributed by atoms with Crippen molar-refractivity contribution in [2.75, 3.05) is 5.32 Å². The third-order valence-corrected chi connectivity index (χ3v) is 6.81. The lowest BCUT2D eigenvalue weighted by molar-refractivity contribution is -0.384. The molecule has 7 atom stereocenters. The van der Waals surface area contributed by atoms with Crippen LogP contribution in [0.25, 0.3) is 0 Å². The molecule has 1 aromatic rings. The van der Waals surface area contributed by atoms with Crippen molar-refractivity contribution in [3.63, 3.8) is 0 Å². The largest absolute Gasteiger partial charge is 0.324 e. The van der Waals surface area contributed by atoms with Crippen molar-refractivity contribution in [3.05, 3.63) is 46.5 Å². The monoisotopic (exact) mass is 381 g/mol. The van der Waals surface area contributed by atoms with Crippen LogP contribution in [0.1, 0.15) is 13.3 Å². The first kappa shape index (κ1) is 17.1. The normalized spacial score (nSPS) is 35.4. The molecule has 1 aromatic carbocycles. The number of hydrogen-bond donors (Lipinski definition) is 1. The fourth-order valence-corrected chi connectivity index (χ4v) is 5.39. The van der Waals surface area contributed by atoms with Crippen LogP contribution >= 0.6 is 0 Å². The smallest absolute Gasteiger partial charge is 0.269 e. The minimum Gasteiger partial charge on any atom is -0.324 e. The molecule has 1 N–H and O–H groups in total. The van der Waals surface area contributed by atoms with Crippen molar-refractivity contribution in [3.8, 4) is 0 Å². The third-order valence-electron chi connectivity index (χ3n) is 6.81. The lowest BCUT2D eigenvalue weighted by Crippen LogP contribution is -2.46. The van der Waals surface area contributed by atoms with E-state index in [0.29, 0.717) is 17.5 Å². The molecule has 0 radical (unpaired) electrons. The lowest BCUT2D eigenvalue weighted by atomic mass is 9.63. The number of nitrogens with one attached hydrogen (secondary N) is 1. The summed E-state index contributed by atoms with van der Waals surface area (Å²) in [6.07, 6.45) is 5.28. The van der Waals surface area contributed by atoms with Crippen molar-refractivity contribution < 1.29 is 19.3 Å². The third kappa shape index (κ3) is 2.26. The Morgan fingerprint density at radius 2 is 1.64 bits per heavy atom. The Labute approximate surface area is 160 Å². The lowest BCUT2D eigenvalue weighted by Gasteiger charge is -2.37. The zero-order valence-electron chi connectivity index (χ0n) is 15.1. The van der Waals surface area contributed by atoms with Gasteiger partial charge in [0.05, 0.1) is 16.8 Å². The number of nitrogens with zero attached hydrogens (tertiary/aromatic N) is 2. The van der Waals surface area contributed by atoms with Crippen LogP contribution in [-0.4, -0.2) is 33.6 Å². The van der Waals surface area contributed by atoms with Gasteiger partial charge in [-0.2, -0.15) is 0 Å². The van der Waals surface area contributed by atoms with Crippen LogP contribution in [0, 0.1) is 45.6 Å². The second-order valence-corrected chi connectivity index (χ2v) is 8.17. The van der Waals surface area contributed by atoms with Crippen LogP contribution in [0.2, 0.25) is 0 Å². The molecule has 8 heteroatoms. The summed E-state index contributed by atoms with van der Waals surface area (Å²) in [5, 5.41) is 13.4. The van der Waals surface area contributed by atoms with Gasteiger partial charge >= 0.3 is 0 Å². The molecule has 1 aliphatic heterocycles. The van der Waals surface area contributed by atoms with E-state index in [1.54, 1.807) is 6.92 Å². The average Bonchev–Trinajstić information content (AvgIpc) is 3.45. The first-order valence-corrected chi connectivity index (χ1v) is 9.49. The van der Waals surface area contributed by atoms with Crippen LogP contribution in [0.15, 0.2) is 36.4 Å². The van der Waals surface area contributed by atoms with Crippen LogP contribution in [-0.2, 0) is 14.4 Å². The molecule has 0 unspecified atom stereocenters. The summed E-state index contributed by atoms with van der Waals surface area (Å²) >= 11 is 0. The van der Waals surface area contributed by atoms with Crippen molar-refractivity contribution in [1.82, 2.24) is 4.90 Å². The molecule has 144 valence electrons. The standard InChI is InChI=1S/C20H19N3O5/c1-9(18(24)21-10-2-4-11(5-3-10)23(27)28)22-19(25)16-12-6-7-13(15-8-14(12)15)17(16)20(22)26/h2-7,9,12-17H,8H2,1H3,(H,21,24)/t9-,12+,13+,14-,15+,16-,17-/m1/s1. The van der Waals surface area contributed by atoms with Crippen molar-refractivity contribution in [1.29, 1.82) is 0 Å². The van der Waals surface area contributed by atoms with E-state index in [4.69, 9.17) is 0 Å². The number of imide groups is 1. The number of rotatable bonds is 4. The van der Waals surface area contributed by atoms with Crippen molar-refractivity contribution >= 4 is 29.1 Å². The summed E-state index contributed by atoms with van der Waals surface area (Å²) in [4.78, 5) is 50.1. The number of hydrogen-bond acceptors (Lipinski definition) is 5. The molecular weight excluding hydrogens is 362 g/mol. The highest BCUT2D eigenvalue weighted by molar-refractivity contribution is 6.10. The van der Waals surface area contributed by atoms with Gasteiger partial charge < -0.3 is 5.32 Å². The minimum absolute atomic E-state index is 0.0819. The average molecular weight is 381 g/mol. The fraction of sp³-hybridized carbons (Fsp3) is 0.450. The number of non-ortho nitro benzene ring substituents is 1. The molecule has 6 rings (SSSR count). The molecule has 0 aromatic heterocycles. The number of allylic oxidation sites excluding steroid dienone is 2. The number of carbonyl (C=O) groups is 3. The molecule has 1 saturated heterocycles. The Kier molecular flexibility index (Phi) is 3.50. The van der Waals surface area contributed by atoms with E-state index in [0.717, 1.165) is 11.3 Å². The van der Waals surface area contributed by atoms with Crippen LogP contribution in [0.3, 0.4) is 0 Å². The summed E-state index contributed by atoms with van der Waals surface area (Å²) in [5.41, 5.74) is 0.295. The van der Waals surface area contributed by atoms with Crippen LogP contribution in [0.4, 0.5) is 11.4 Å². The molecule has 0 spiro atoms. The van der Waals surface area contributed by atoms with Crippen LogP contribution in [0.5, 0.6) is 0 Å². The van der Waals surface area contributed by atoms with Gasteiger partial charge in [-0.15, -0.1) is 0 Å². The Morgan fingerprint density at radius 1 is 1.11 bits per heavy atom. The van der Waals surface area contributed by atoms with E-state index < -0.39 is 16.9 Å². The van der Waals surface area contributed by atoms with Crippen LogP contribution < -0.4 is 5.32 Å². The number of benzene rings is 1. The molecular formula is C20H19N3O5. The topological polar surface area (TPSA) is 110 Å². The van der Waals surface area contributed by atoms with Gasteiger partial charge in [0.1, 0.15) is 6.04 Å². The molecule has 2 saturated carbocycles. The zero-order chi connectivity index (χ0) is 19.7. The van der Waals surface area contributed by atoms with E-state index in [-0.39, 0.29) is 41.2 Å². The maximum Gasteiger partial charge on any atom is 0.269 e. The first-order valence-electron chi connectivity index (χ1n) is 9.49. The summed E-state index contributed by atoms with van der Waals surface area (Å²) < 4.78 is 0.